The zero-order valence-corrected chi connectivity index (χ0v) is 19.6. The van der Waals surface area contributed by atoms with Gasteiger partial charge in [0, 0.05) is 6.08 Å². The maximum absolute atomic E-state index is 12.6. The monoisotopic (exact) mass is 442 g/mol. The van der Waals surface area contributed by atoms with E-state index in [-0.39, 0.29) is 24.0 Å². The number of carbonyl (C=O) groups is 2. The van der Waals surface area contributed by atoms with Gasteiger partial charge in [-0.1, -0.05) is 19.4 Å². The van der Waals surface area contributed by atoms with Crippen LogP contribution in [0.1, 0.15) is 78.1 Å². The Balaban J connectivity index is 1.37. The van der Waals surface area contributed by atoms with Crippen LogP contribution in [0.15, 0.2) is 36.4 Å². The van der Waals surface area contributed by atoms with E-state index in [1.807, 2.05) is 31.2 Å². The van der Waals surface area contributed by atoms with Gasteiger partial charge in [-0.25, -0.2) is 4.79 Å². The van der Waals surface area contributed by atoms with Crippen LogP contribution in [0, 0.1) is 17.8 Å². The first-order chi connectivity index (χ1) is 15.6. The maximum atomic E-state index is 12.6. The first-order valence-corrected chi connectivity index (χ1v) is 12.4. The van der Waals surface area contributed by atoms with Crippen molar-refractivity contribution in [3.8, 4) is 11.5 Å². The zero-order valence-electron chi connectivity index (χ0n) is 19.6. The molecule has 0 radical (unpaired) electrons. The van der Waals surface area contributed by atoms with Gasteiger partial charge in [0.1, 0.15) is 17.6 Å². The standard InChI is InChI=1S/C27H38O5/c1-3-5-19-30-23-15-17-25(18-16-23)32-27(29)22-9-7-20(8-10-22)21-11-13-24(14-12-21)31-26(28)6-4-2/h4,6,15-18,20-22,24H,3,5,7-14,19H2,1-2H3/t20-,21-,22-,24-. The Morgan fingerprint density at radius 3 is 2.09 bits per heavy atom. The highest BCUT2D eigenvalue weighted by atomic mass is 16.5. The molecule has 2 aliphatic rings. The number of unbranched alkanes of at least 4 members (excludes halogenated alkanes) is 1. The Bertz CT molecular complexity index is 738. The number of carbonyl (C=O) groups excluding carboxylic acids is 2. The molecule has 5 nitrogen and oxygen atoms in total. The SMILES string of the molecule is CC=CC(=O)O[C@H]1CC[C@H]([C@H]2CC[C@H](C(=O)Oc3ccc(OCCCC)cc3)CC2)CC1. The summed E-state index contributed by atoms with van der Waals surface area (Å²) < 4.78 is 16.8. The van der Waals surface area contributed by atoms with Crippen LogP contribution in [0.2, 0.25) is 0 Å². The summed E-state index contributed by atoms with van der Waals surface area (Å²) in [6, 6.07) is 7.35. The largest absolute Gasteiger partial charge is 0.494 e. The summed E-state index contributed by atoms with van der Waals surface area (Å²) in [7, 11) is 0. The fourth-order valence-corrected chi connectivity index (χ4v) is 4.98. The van der Waals surface area contributed by atoms with Crippen LogP contribution in [0.3, 0.4) is 0 Å². The number of allylic oxidation sites excluding steroid dienone is 1. The molecule has 176 valence electrons. The summed E-state index contributed by atoms with van der Waals surface area (Å²) in [5, 5.41) is 0. The van der Waals surface area contributed by atoms with Crippen molar-refractivity contribution < 1.29 is 23.8 Å². The highest BCUT2D eigenvalue weighted by Crippen LogP contribution is 2.41. The molecule has 0 heterocycles. The normalized spacial score (nSPS) is 25.9. The van der Waals surface area contributed by atoms with Crippen LogP contribution < -0.4 is 9.47 Å². The molecule has 0 saturated heterocycles. The lowest BCUT2D eigenvalue weighted by Gasteiger charge is -2.37. The van der Waals surface area contributed by atoms with Crippen LogP contribution in [0.25, 0.3) is 0 Å². The first-order valence-electron chi connectivity index (χ1n) is 12.4. The molecule has 2 fully saturated rings. The lowest BCUT2D eigenvalue weighted by atomic mass is 9.70. The van der Waals surface area contributed by atoms with E-state index < -0.39 is 0 Å². The summed E-state index contributed by atoms with van der Waals surface area (Å²) in [6.45, 7) is 4.67. The average molecular weight is 443 g/mol. The number of hydrogen-bond donors (Lipinski definition) is 0. The van der Waals surface area contributed by atoms with Gasteiger partial charge in [-0.15, -0.1) is 0 Å². The molecule has 1 aromatic rings. The van der Waals surface area contributed by atoms with E-state index in [0.717, 1.165) is 70.0 Å². The van der Waals surface area contributed by atoms with Crippen molar-refractivity contribution in [2.45, 2.75) is 84.2 Å². The van der Waals surface area contributed by atoms with Gasteiger partial charge in [0.15, 0.2) is 0 Å². The molecule has 2 aliphatic carbocycles. The predicted molar refractivity (Wildman–Crippen MR) is 125 cm³/mol. The van der Waals surface area contributed by atoms with Gasteiger partial charge >= 0.3 is 11.9 Å². The topological polar surface area (TPSA) is 61.8 Å². The quantitative estimate of drug-likeness (QED) is 0.196. The summed E-state index contributed by atoms with van der Waals surface area (Å²) in [4.78, 5) is 24.3. The van der Waals surface area contributed by atoms with E-state index in [1.165, 1.54) is 6.08 Å². The third-order valence-electron chi connectivity index (χ3n) is 6.89. The molecule has 5 heteroatoms. The fourth-order valence-electron chi connectivity index (χ4n) is 4.98. The Kier molecular flexibility index (Phi) is 9.63. The minimum absolute atomic E-state index is 0.00939. The Morgan fingerprint density at radius 2 is 1.50 bits per heavy atom. The number of rotatable bonds is 9. The van der Waals surface area contributed by atoms with Gasteiger partial charge in [-0.3, -0.25) is 4.79 Å². The lowest BCUT2D eigenvalue weighted by Crippen LogP contribution is -2.31. The molecular formula is C27H38O5. The molecule has 0 amide bonds. The molecule has 0 bridgehead atoms. The Labute approximate surface area is 192 Å². The third kappa shape index (κ3) is 7.39. The van der Waals surface area contributed by atoms with Gasteiger partial charge in [-0.05, 0) is 101 Å². The second-order valence-electron chi connectivity index (χ2n) is 9.18. The molecule has 32 heavy (non-hydrogen) atoms. The van der Waals surface area contributed by atoms with Gasteiger partial charge in [0.2, 0.25) is 0 Å². The van der Waals surface area contributed by atoms with Crippen molar-refractivity contribution in [2.75, 3.05) is 6.61 Å². The van der Waals surface area contributed by atoms with Crippen molar-refractivity contribution >= 4 is 11.9 Å². The zero-order chi connectivity index (χ0) is 22.8. The van der Waals surface area contributed by atoms with Crippen molar-refractivity contribution in [1.82, 2.24) is 0 Å². The summed E-state index contributed by atoms with van der Waals surface area (Å²) >= 11 is 0. The summed E-state index contributed by atoms with van der Waals surface area (Å²) in [5.41, 5.74) is 0. The van der Waals surface area contributed by atoms with Crippen LogP contribution in [-0.4, -0.2) is 24.6 Å². The highest BCUT2D eigenvalue weighted by Gasteiger charge is 2.34. The fraction of sp³-hybridized carbons (Fsp3) is 0.630. The molecule has 1 aromatic carbocycles. The molecular weight excluding hydrogens is 404 g/mol. The minimum Gasteiger partial charge on any atom is -0.494 e. The highest BCUT2D eigenvalue weighted by molar-refractivity contribution is 5.81. The van der Waals surface area contributed by atoms with E-state index in [1.54, 1.807) is 6.08 Å². The van der Waals surface area contributed by atoms with Crippen molar-refractivity contribution in [2.24, 2.45) is 17.8 Å². The van der Waals surface area contributed by atoms with Crippen molar-refractivity contribution in [3.63, 3.8) is 0 Å². The van der Waals surface area contributed by atoms with E-state index in [0.29, 0.717) is 24.2 Å². The Morgan fingerprint density at radius 1 is 0.906 bits per heavy atom. The molecule has 3 rings (SSSR count). The number of esters is 2. The van der Waals surface area contributed by atoms with Crippen molar-refractivity contribution in [1.29, 1.82) is 0 Å². The molecule has 0 N–H and O–H groups in total. The minimum atomic E-state index is -0.228. The lowest BCUT2D eigenvalue weighted by molar-refractivity contribution is -0.145. The van der Waals surface area contributed by atoms with Gasteiger partial charge < -0.3 is 14.2 Å². The van der Waals surface area contributed by atoms with Gasteiger partial charge in [0.05, 0.1) is 12.5 Å². The summed E-state index contributed by atoms with van der Waals surface area (Å²) in [5.74, 6) is 2.41. The number of ether oxygens (including phenoxy) is 3. The number of hydrogen-bond acceptors (Lipinski definition) is 5. The molecule has 0 spiro atoms. The van der Waals surface area contributed by atoms with E-state index in [2.05, 4.69) is 6.92 Å². The van der Waals surface area contributed by atoms with E-state index in [4.69, 9.17) is 14.2 Å². The summed E-state index contributed by atoms with van der Waals surface area (Å²) in [6.07, 6.45) is 13.5. The smallest absolute Gasteiger partial charge is 0.330 e. The average Bonchev–Trinajstić information content (AvgIpc) is 2.81. The molecule has 0 aromatic heterocycles. The Hall–Kier alpha value is -2.30. The molecule has 2 saturated carbocycles. The maximum Gasteiger partial charge on any atom is 0.330 e. The van der Waals surface area contributed by atoms with Crippen LogP contribution >= 0.6 is 0 Å². The second-order valence-corrected chi connectivity index (χ2v) is 9.18. The first kappa shape index (κ1) is 24.3. The third-order valence-corrected chi connectivity index (χ3v) is 6.89. The molecule has 0 aliphatic heterocycles. The van der Waals surface area contributed by atoms with Gasteiger partial charge in [-0.2, -0.15) is 0 Å². The van der Waals surface area contributed by atoms with Crippen LogP contribution in [0.5, 0.6) is 11.5 Å². The second kappa shape index (κ2) is 12.7. The van der Waals surface area contributed by atoms with Crippen molar-refractivity contribution in [3.05, 3.63) is 36.4 Å². The van der Waals surface area contributed by atoms with E-state index in [9.17, 15) is 9.59 Å². The predicted octanol–water partition coefficient (Wildman–Crippen LogP) is 6.26. The van der Waals surface area contributed by atoms with Crippen LogP contribution in [0.4, 0.5) is 0 Å². The van der Waals surface area contributed by atoms with E-state index >= 15 is 0 Å². The molecule has 0 atom stereocenters. The van der Waals surface area contributed by atoms with Gasteiger partial charge in [0.25, 0.3) is 0 Å². The molecule has 0 unspecified atom stereocenters. The van der Waals surface area contributed by atoms with Crippen LogP contribution in [-0.2, 0) is 14.3 Å². The number of benzene rings is 1.